The fourth-order valence-corrected chi connectivity index (χ4v) is 4.04. The van der Waals surface area contributed by atoms with Crippen LogP contribution in [0.4, 0.5) is 0 Å². The Bertz CT molecular complexity index is 1080. The predicted molar refractivity (Wildman–Crippen MR) is 120 cm³/mol. The van der Waals surface area contributed by atoms with Crippen molar-refractivity contribution in [2.24, 2.45) is 5.92 Å². The highest BCUT2D eigenvalue weighted by Crippen LogP contribution is 2.42. The minimum atomic E-state index is 0.592. The van der Waals surface area contributed by atoms with Crippen molar-refractivity contribution in [3.63, 3.8) is 0 Å². The number of hydrogen-bond donors (Lipinski definition) is 0. The van der Waals surface area contributed by atoms with Gasteiger partial charge in [-0.2, -0.15) is 0 Å². The van der Waals surface area contributed by atoms with E-state index >= 15 is 0 Å². The zero-order chi connectivity index (χ0) is 18.8. The molecule has 1 atom stereocenters. The second-order valence-electron chi connectivity index (χ2n) is 7.13. The summed E-state index contributed by atoms with van der Waals surface area (Å²) in [7, 11) is 0. The molecule has 0 amide bonds. The first kappa shape index (κ1) is 17.3. The normalized spacial score (nSPS) is 16.2. The molecule has 0 aromatic heterocycles. The monoisotopic (exact) mass is 348 g/mol. The highest BCUT2D eigenvalue weighted by molar-refractivity contribution is 6.10. The van der Waals surface area contributed by atoms with Crippen LogP contribution in [0, 0.1) is 5.92 Å². The largest absolute Gasteiger partial charge is 0.0984 e. The predicted octanol–water partition coefficient (Wildman–Crippen LogP) is 7.77. The van der Waals surface area contributed by atoms with Gasteiger partial charge < -0.3 is 0 Å². The van der Waals surface area contributed by atoms with E-state index in [0.29, 0.717) is 5.92 Å². The van der Waals surface area contributed by atoms with Crippen LogP contribution in [0.5, 0.6) is 0 Å². The summed E-state index contributed by atoms with van der Waals surface area (Å²) in [5, 5.41) is 2.52. The summed E-state index contributed by atoms with van der Waals surface area (Å²) in [6.45, 7) is 10.6. The zero-order valence-electron chi connectivity index (χ0n) is 15.8. The van der Waals surface area contributed by atoms with E-state index in [1.165, 1.54) is 33.0 Å². The Morgan fingerprint density at radius 3 is 2.00 bits per heavy atom. The van der Waals surface area contributed by atoms with E-state index in [4.69, 9.17) is 0 Å². The van der Waals surface area contributed by atoms with Crippen molar-refractivity contribution in [3.05, 3.63) is 103 Å². The third-order valence-corrected chi connectivity index (χ3v) is 5.37. The van der Waals surface area contributed by atoms with Gasteiger partial charge in [0.1, 0.15) is 0 Å². The highest BCUT2D eigenvalue weighted by atomic mass is 14.2. The molecule has 0 nitrogen and oxygen atoms in total. The van der Waals surface area contributed by atoms with Crippen molar-refractivity contribution < 1.29 is 0 Å². The lowest BCUT2D eigenvalue weighted by Gasteiger charge is -2.22. The van der Waals surface area contributed by atoms with Crippen LogP contribution in [0.25, 0.3) is 39.6 Å². The van der Waals surface area contributed by atoms with Crippen LogP contribution >= 0.6 is 0 Å². The van der Waals surface area contributed by atoms with Gasteiger partial charge in [0.15, 0.2) is 0 Å². The molecule has 0 aliphatic heterocycles. The maximum absolute atomic E-state index is 4.15. The summed E-state index contributed by atoms with van der Waals surface area (Å²) < 4.78 is 0. The second kappa shape index (κ2) is 7.25. The third-order valence-electron chi connectivity index (χ3n) is 5.37. The number of hydrogen-bond acceptors (Lipinski definition) is 0. The van der Waals surface area contributed by atoms with Crippen molar-refractivity contribution in [2.75, 3.05) is 0 Å². The Labute approximate surface area is 161 Å². The van der Waals surface area contributed by atoms with E-state index in [1.807, 2.05) is 12.2 Å². The van der Waals surface area contributed by atoms with E-state index in [9.17, 15) is 0 Å². The van der Waals surface area contributed by atoms with Crippen LogP contribution < -0.4 is 0 Å². The smallest absolute Gasteiger partial charge is 0.00266 e. The van der Waals surface area contributed by atoms with Crippen LogP contribution in [0.3, 0.4) is 0 Å². The molecule has 0 radical (unpaired) electrons. The van der Waals surface area contributed by atoms with Gasteiger partial charge in [-0.3, -0.25) is 0 Å². The second-order valence-corrected chi connectivity index (χ2v) is 7.13. The van der Waals surface area contributed by atoms with Crippen LogP contribution in [0.1, 0.15) is 30.0 Å². The number of fused-ring (bicyclic) bond motifs is 1. The Morgan fingerprint density at radius 2 is 1.41 bits per heavy atom. The minimum absolute atomic E-state index is 0.592. The number of allylic oxidation sites excluding steroid dienone is 4. The van der Waals surface area contributed by atoms with Crippen LogP contribution in [-0.4, -0.2) is 0 Å². The van der Waals surface area contributed by atoms with Gasteiger partial charge in [-0.25, -0.2) is 0 Å². The molecule has 0 heteroatoms. The average molecular weight is 348 g/mol. The lowest BCUT2D eigenvalue weighted by Crippen LogP contribution is -2.00. The van der Waals surface area contributed by atoms with Gasteiger partial charge in [-0.15, -0.1) is 0 Å². The summed E-state index contributed by atoms with van der Waals surface area (Å²) in [5.41, 5.74) is 7.29. The molecule has 3 aromatic rings. The lowest BCUT2D eigenvalue weighted by molar-refractivity contribution is 0.739. The van der Waals surface area contributed by atoms with E-state index in [1.54, 1.807) is 0 Å². The maximum Gasteiger partial charge on any atom is -0.00266 e. The molecular formula is C27H24. The van der Waals surface area contributed by atoms with Gasteiger partial charge in [0.05, 0.1) is 0 Å². The molecule has 132 valence electrons. The molecule has 1 aliphatic carbocycles. The Morgan fingerprint density at radius 1 is 0.815 bits per heavy atom. The lowest BCUT2D eigenvalue weighted by atomic mass is 9.82. The fourth-order valence-electron chi connectivity index (χ4n) is 4.04. The van der Waals surface area contributed by atoms with Gasteiger partial charge in [0.2, 0.25) is 0 Å². The van der Waals surface area contributed by atoms with Crippen molar-refractivity contribution in [2.45, 2.75) is 13.3 Å². The van der Waals surface area contributed by atoms with Crippen LogP contribution in [-0.2, 0) is 0 Å². The summed E-state index contributed by atoms with van der Waals surface area (Å²) in [4.78, 5) is 0. The molecule has 0 N–H and O–H groups in total. The number of benzene rings is 3. The van der Waals surface area contributed by atoms with Crippen molar-refractivity contribution in [1.82, 2.24) is 0 Å². The van der Waals surface area contributed by atoms with Crippen molar-refractivity contribution in [3.8, 4) is 11.1 Å². The Hall–Kier alpha value is -3.12. The van der Waals surface area contributed by atoms with Gasteiger partial charge in [-0.1, -0.05) is 105 Å². The molecule has 0 bridgehead atoms. The summed E-state index contributed by atoms with van der Waals surface area (Å²) in [6.07, 6.45) is 12.0. The first-order valence-corrected chi connectivity index (χ1v) is 9.52. The van der Waals surface area contributed by atoms with E-state index in [-0.39, 0.29) is 0 Å². The molecule has 1 unspecified atom stereocenters. The van der Waals surface area contributed by atoms with Crippen LogP contribution in [0.2, 0.25) is 0 Å². The molecule has 0 saturated carbocycles. The molecule has 0 heterocycles. The molecule has 4 rings (SSSR count). The summed E-state index contributed by atoms with van der Waals surface area (Å²) in [6, 6.07) is 19.3. The Kier molecular flexibility index (Phi) is 4.64. The van der Waals surface area contributed by atoms with E-state index in [0.717, 1.165) is 17.5 Å². The summed E-state index contributed by atoms with van der Waals surface area (Å²) >= 11 is 0. The van der Waals surface area contributed by atoms with E-state index in [2.05, 4.69) is 92.9 Å². The van der Waals surface area contributed by atoms with Gasteiger partial charge in [-0.05, 0) is 56.5 Å². The first-order chi connectivity index (χ1) is 13.2. The van der Waals surface area contributed by atoms with E-state index < -0.39 is 0 Å². The topological polar surface area (TPSA) is 0 Å². The summed E-state index contributed by atoms with van der Waals surface area (Å²) in [5.74, 6) is 0.592. The molecule has 0 spiro atoms. The quantitative estimate of drug-likeness (QED) is 0.451. The van der Waals surface area contributed by atoms with Gasteiger partial charge >= 0.3 is 0 Å². The zero-order valence-corrected chi connectivity index (χ0v) is 15.8. The highest BCUT2D eigenvalue weighted by Gasteiger charge is 2.19. The molecular weight excluding hydrogens is 324 g/mol. The fraction of sp³-hybridized carbons (Fsp3) is 0.111. The maximum atomic E-state index is 4.15. The van der Waals surface area contributed by atoms with Crippen molar-refractivity contribution in [1.29, 1.82) is 0 Å². The van der Waals surface area contributed by atoms with Crippen LogP contribution in [0.15, 0.2) is 86.0 Å². The standard InChI is InChI=1S/C27H24/c1-4-22-23(5-2)27(21-17-15-19(3)16-18-21)25-14-10-9-13-24(25)26(22)20-11-7-6-8-12-20/h4-15,17-19H,1-2,16H2,3H3. The first-order valence-electron chi connectivity index (χ1n) is 9.52. The molecule has 3 aromatic carbocycles. The Balaban J connectivity index is 2.14. The minimum Gasteiger partial charge on any atom is -0.0984 e. The third kappa shape index (κ3) is 2.98. The van der Waals surface area contributed by atoms with Crippen molar-refractivity contribution >= 4 is 28.5 Å². The number of rotatable bonds is 4. The van der Waals surface area contributed by atoms with Gasteiger partial charge in [0, 0.05) is 0 Å². The SMILES string of the molecule is C=Cc1c(C=C)c(-c2ccccc2)c2ccccc2c1C1=CCC(C)C=C1. The molecule has 0 saturated heterocycles. The average Bonchev–Trinajstić information content (AvgIpc) is 2.73. The molecule has 0 fully saturated rings. The molecule has 1 aliphatic rings. The molecule has 27 heavy (non-hydrogen) atoms. The van der Waals surface area contributed by atoms with Gasteiger partial charge in [0.25, 0.3) is 0 Å².